The van der Waals surface area contributed by atoms with Crippen LogP contribution in [0.2, 0.25) is 0 Å². The molecule has 3 rings (SSSR count). The minimum atomic E-state index is -0.166. The van der Waals surface area contributed by atoms with Gasteiger partial charge in [-0.3, -0.25) is 9.88 Å². The maximum Gasteiger partial charge on any atom is 0.123 e. The van der Waals surface area contributed by atoms with Crippen LogP contribution < -0.4 is 0 Å². The van der Waals surface area contributed by atoms with E-state index in [4.69, 9.17) is 0 Å². The van der Waals surface area contributed by atoms with Gasteiger partial charge in [0.25, 0.3) is 0 Å². The van der Waals surface area contributed by atoms with Gasteiger partial charge in [-0.1, -0.05) is 18.2 Å². The first-order valence-corrected chi connectivity index (χ1v) is 6.71. The fraction of sp³-hybridized carbons (Fsp3) is 0.312. The first-order valence-electron chi connectivity index (χ1n) is 6.71. The second-order valence-electron chi connectivity index (χ2n) is 5.04. The van der Waals surface area contributed by atoms with Crippen molar-refractivity contribution in [2.75, 3.05) is 6.54 Å². The number of rotatable bonds is 3. The lowest BCUT2D eigenvalue weighted by Crippen LogP contribution is -2.22. The van der Waals surface area contributed by atoms with Gasteiger partial charge in [-0.15, -0.1) is 0 Å². The van der Waals surface area contributed by atoms with Crippen LogP contribution in [0.15, 0.2) is 48.8 Å². The molecule has 2 nitrogen and oxygen atoms in total. The van der Waals surface area contributed by atoms with E-state index >= 15 is 0 Å². The van der Waals surface area contributed by atoms with E-state index in [9.17, 15) is 4.39 Å². The van der Waals surface area contributed by atoms with Gasteiger partial charge in [-0.25, -0.2) is 4.39 Å². The molecule has 0 radical (unpaired) electrons. The molecule has 1 aliphatic rings. The van der Waals surface area contributed by atoms with E-state index in [-0.39, 0.29) is 5.82 Å². The maximum atomic E-state index is 13.0. The third kappa shape index (κ3) is 2.82. The number of benzene rings is 1. The second-order valence-corrected chi connectivity index (χ2v) is 5.04. The summed E-state index contributed by atoms with van der Waals surface area (Å²) in [5, 5.41) is 0. The maximum absolute atomic E-state index is 13.0. The summed E-state index contributed by atoms with van der Waals surface area (Å²) >= 11 is 0. The zero-order valence-corrected chi connectivity index (χ0v) is 10.8. The van der Waals surface area contributed by atoms with Crippen LogP contribution in [0.4, 0.5) is 4.39 Å². The van der Waals surface area contributed by atoms with Crippen molar-refractivity contribution in [3.05, 3.63) is 65.7 Å². The van der Waals surface area contributed by atoms with Crippen LogP contribution in [-0.4, -0.2) is 16.4 Å². The van der Waals surface area contributed by atoms with Crippen LogP contribution in [-0.2, 0) is 6.54 Å². The van der Waals surface area contributed by atoms with Crippen molar-refractivity contribution in [2.24, 2.45) is 0 Å². The van der Waals surface area contributed by atoms with Crippen LogP contribution in [0.25, 0.3) is 0 Å². The molecular weight excluding hydrogens is 239 g/mol. The number of halogens is 1. The fourth-order valence-electron chi connectivity index (χ4n) is 2.80. The Hall–Kier alpha value is -1.74. The molecule has 3 heteroatoms. The summed E-state index contributed by atoms with van der Waals surface area (Å²) < 4.78 is 13.0. The molecule has 0 bridgehead atoms. The monoisotopic (exact) mass is 256 g/mol. The first kappa shape index (κ1) is 12.3. The average molecular weight is 256 g/mol. The number of nitrogens with zero attached hydrogens (tertiary/aromatic N) is 2. The lowest BCUT2D eigenvalue weighted by atomic mass is 10.0. The highest BCUT2D eigenvalue weighted by Gasteiger charge is 2.25. The van der Waals surface area contributed by atoms with Crippen molar-refractivity contribution in [3.8, 4) is 0 Å². The minimum Gasteiger partial charge on any atom is -0.292 e. The lowest BCUT2D eigenvalue weighted by Gasteiger charge is -2.24. The third-order valence-electron chi connectivity index (χ3n) is 3.73. The fourth-order valence-corrected chi connectivity index (χ4v) is 2.80. The smallest absolute Gasteiger partial charge is 0.123 e. The molecule has 2 aromatic rings. The van der Waals surface area contributed by atoms with E-state index in [2.05, 4.69) is 16.0 Å². The SMILES string of the molecule is Fc1ccc(C2CCCN2Cc2cccnc2)cc1. The highest BCUT2D eigenvalue weighted by Crippen LogP contribution is 2.32. The molecule has 2 heterocycles. The Bertz CT molecular complexity index is 524. The highest BCUT2D eigenvalue weighted by molar-refractivity contribution is 5.21. The van der Waals surface area contributed by atoms with E-state index < -0.39 is 0 Å². The molecule has 1 saturated heterocycles. The van der Waals surface area contributed by atoms with Crippen LogP contribution in [0.5, 0.6) is 0 Å². The largest absolute Gasteiger partial charge is 0.292 e. The second kappa shape index (κ2) is 5.49. The summed E-state index contributed by atoms with van der Waals surface area (Å²) in [6.07, 6.45) is 6.05. The van der Waals surface area contributed by atoms with Gasteiger partial charge in [0.2, 0.25) is 0 Å². The molecule has 0 spiro atoms. The number of likely N-dealkylation sites (tertiary alicyclic amines) is 1. The molecule has 0 aliphatic carbocycles. The van der Waals surface area contributed by atoms with Crippen LogP contribution in [0, 0.1) is 5.82 Å². The molecule has 19 heavy (non-hydrogen) atoms. The molecular formula is C16H17FN2. The molecule has 98 valence electrons. The van der Waals surface area contributed by atoms with Crippen LogP contribution in [0.3, 0.4) is 0 Å². The van der Waals surface area contributed by atoms with Crippen LogP contribution in [0.1, 0.15) is 30.0 Å². The molecule has 1 aliphatic heterocycles. The van der Waals surface area contributed by atoms with Gasteiger partial charge in [0, 0.05) is 25.0 Å². The Morgan fingerprint density at radius 2 is 2.05 bits per heavy atom. The van der Waals surface area contributed by atoms with Gasteiger partial charge in [-0.2, -0.15) is 0 Å². The van der Waals surface area contributed by atoms with E-state index in [1.807, 2.05) is 24.4 Å². The summed E-state index contributed by atoms with van der Waals surface area (Å²) in [6, 6.07) is 11.4. The summed E-state index contributed by atoms with van der Waals surface area (Å²) in [6.45, 7) is 2.01. The van der Waals surface area contributed by atoms with Gasteiger partial charge >= 0.3 is 0 Å². The molecule has 1 aromatic heterocycles. The van der Waals surface area contributed by atoms with Gasteiger partial charge in [0.15, 0.2) is 0 Å². The third-order valence-corrected chi connectivity index (χ3v) is 3.73. The molecule has 1 fully saturated rings. The summed E-state index contributed by atoms with van der Waals surface area (Å²) in [7, 11) is 0. The molecule has 0 saturated carbocycles. The topological polar surface area (TPSA) is 16.1 Å². The predicted molar refractivity (Wildman–Crippen MR) is 73.0 cm³/mol. The Kier molecular flexibility index (Phi) is 3.56. The molecule has 1 unspecified atom stereocenters. The van der Waals surface area contributed by atoms with Gasteiger partial charge in [0.05, 0.1) is 0 Å². The molecule has 0 N–H and O–H groups in total. The Morgan fingerprint density at radius 3 is 2.79 bits per heavy atom. The normalized spacial score (nSPS) is 19.7. The summed E-state index contributed by atoms with van der Waals surface area (Å²) in [5.74, 6) is -0.166. The lowest BCUT2D eigenvalue weighted by molar-refractivity contribution is 0.248. The van der Waals surface area contributed by atoms with Crippen LogP contribution >= 0.6 is 0 Å². The Balaban J connectivity index is 1.76. The van der Waals surface area contributed by atoms with Gasteiger partial charge in [-0.05, 0) is 48.7 Å². The van der Waals surface area contributed by atoms with E-state index in [1.54, 1.807) is 18.3 Å². The minimum absolute atomic E-state index is 0.166. The molecule has 0 amide bonds. The summed E-state index contributed by atoms with van der Waals surface area (Å²) in [5.41, 5.74) is 2.44. The van der Waals surface area contributed by atoms with Gasteiger partial charge in [0.1, 0.15) is 5.82 Å². The number of aromatic nitrogens is 1. The molecule has 1 atom stereocenters. The quantitative estimate of drug-likeness (QED) is 0.834. The van der Waals surface area contributed by atoms with Crippen molar-refractivity contribution in [3.63, 3.8) is 0 Å². The van der Waals surface area contributed by atoms with Crippen molar-refractivity contribution >= 4 is 0 Å². The van der Waals surface area contributed by atoms with Crippen molar-refractivity contribution in [1.29, 1.82) is 0 Å². The Labute approximate surface area is 112 Å². The number of pyridine rings is 1. The van der Waals surface area contributed by atoms with E-state index in [0.717, 1.165) is 19.5 Å². The van der Waals surface area contributed by atoms with Crippen molar-refractivity contribution in [1.82, 2.24) is 9.88 Å². The van der Waals surface area contributed by atoms with E-state index in [0.29, 0.717) is 6.04 Å². The zero-order chi connectivity index (χ0) is 13.1. The predicted octanol–water partition coefficient (Wildman–Crippen LogP) is 3.56. The van der Waals surface area contributed by atoms with Gasteiger partial charge < -0.3 is 0 Å². The first-order chi connectivity index (χ1) is 9.33. The van der Waals surface area contributed by atoms with Crippen molar-refractivity contribution in [2.45, 2.75) is 25.4 Å². The standard InChI is InChI=1S/C16H17FN2/c17-15-7-5-14(6-8-15)16-4-2-10-19(16)12-13-3-1-9-18-11-13/h1,3,5-9,11,16H,2,4,10,12H2. The Morgan fingerprint density at radius 1 is 1.21 bits per heavy atom. The number of hydrogen-bond acceptors (Lipinski definition) is 2. The highest BCUT2D eigenvalue weighted by atomic mass is 19.1. The molecule has 1 aromatic carbocycles. The summed E-state index contributed by atoms with van der Waals surface area (Å²) in [4.78, 5) is 6.61. The number of hydrogen-bond donors (Lipinski definition) is 0. The van der Waals surface area contributed by atoms with Crippen molar-refractivity contribution < 1.29 is 4.39 Å². The average Bonchev–Trinajstić information content (AvgIpc) is 2.89. The van der Waals surface area contributed by atoms with E-state index in [1.165, 1.54) is 17.5 Å². The zero-order valence-electron chi connectivity index (χ0n) is 10.8.